The molecule has 0 radical (unpaired) electrons. The van der Waals surface area contributed by atoms with Crippen LogP contribution >= 0.6 is 23.1 Å². The van der Waals surface area contributed by atoms with E-state index in [4.69, 9.17) is 4.74 Å². The van der Waals surface area contributed by atoms with Crippen LogP contribution in [0.3, 0.4) is 0 Å². The Morgan fingerprint density at radius 3 is 3.08 bits per heavy atom. The first kappa shape index (κ1) is 18.7. The molecule has 3 rings (SSSR count). The van der Waals surface area contributed by atoms with Crippen molar-refractivity contribution in [1.29, 1.82) is 0 Å². The number of ether oxygens (including phenoxy) is 1. The van der Waals surface area contributed by atoms with E-state index in [-0.39, 0.29) is 30.0 Å². The fraction of sp³-hybridized carbons (Fsp3) is 0.500. The summed E-state index contributed by atoms with van der Waals surface area (Å²) in [7, 11) is 0. The van der Waals surface area contributed by atoms with Crippen LogP contribution in [0.25, 0.3) is 0 Å². The van der Waals surface area contributed by atoms with Crippen LogP contribution in [-0.2, 0) is 20.7 Å². The highest BCUT2D eigenvalue weighted by Crippen LogP contribution is 2.31. The van der Waals surface area contributed by atoms with Crippen LogP contribution in [-0.4, -0.2) is 46.0 Å². The molecule has 1 atom stereocenters. The average Bonchev–Trinajstić information content (AvgIpc) is 3.22. The zero-order chi connectivity index (χ0) is 18.5. The van der Waals surface area contributed by atoms with Gasteiger partial charge in [0.05, 0.1) is 29.5 Å². The molecule has 1 fully saturated rings. The second kappa shape index (κ2) is 8.54. The van der Waals surface area contributed by atoms with Gasteiger partial charge in [0.25, 0.3) is 0 Å². The lowest BCUT2D eigenvalue weighted by molar-refractivity contribution is -0.142. The van der Waals surface area contributed by atoms with Gasteiger partial charge in [-0.2, -0.15) is 4.99 Å². The number of urea groups is 1. The summed E-state index contributed by atoms with van der Waals surface area (Å²) in [5, 5.41) is 5.52. The van der Waals surface area contributed by atoms with E-state index in [1.165, 1.54) is 23.1 Å². The van der Waals surface area contributed by atoms with Gasteiger partial charge in [-0.1, -0.05) is 11.8 Å². The number of carbonyl (C=O) groups is 3. The number of amides is 3. The molecule has 1 aromatic heterocycles. The molecule has 2 heterocycles. The summed E-state index contributed by atoms with van der Waals surface area (Å²) in [5.74, 6) is -0.353. The van der Waals surface area contributed by atoms with Gasteiger partial charge in [0.1, 0.15) is 0 Å². The maximum atomic E-state index is 12.1. The van der Waals surface area contributed by atoms with Crippen LogP contribution in [0.4, 0.5) is 9.93 Å². The summed E-state index contributed by atoms with van der Waals surface area (Å²) in [5.41, 5.74) is 1.45. The minimum Gasteiger partial charge on any atom is -0.466 e. The Bertz CT molecular complexity index is 787. The van der Waals surface area contributed by atoms with Crippen LogP contribution in [0.5, 0.6) is 0 Å². The van der Waals surface area contributed by atoms with Crippen molar-refractivity contribution in [1.82, 2.24) is 4.98 Å². The number of aromatic nitrogens is 1. The van der Waals surface area contributed by atoms with E-state index in [2.05, 4.69) is 20.3 Å². The van der Waals surface area contributed by atoms with E-state index < -0.39 is 6.03 Å². The fourth-order valence-corrected chi connectivity index (χ4v) is 4.46. The molecule has 0 saturated heterocycles. The maximum Gasteiger partial charge on any atom is 0.367 e. The number of thiazole rings is 1. The summed E-state index contributed by atoms with van der Waals surface area (Å²) in [6.07, 6.45) is 2.82. The normalized spacial score (nSPS) is 18.8. The van der Waals surface area contributed by atoms with Crippen molar-refractivity contribution < 1.29 is 19.1 Å². The SMILES string of the molecule is CCOC(=O)Cc1csc(NC(=O)CSC2=NC(=O)N=C3CCCC32)n1. The number of thioether (sulfide) groups is 1. The molecule has 2 aliphatic rings. The second-order valence-corrected chi connectivity index (χ2v) is 7.60. The smallest absolute Gasteiger partial charge is 0.367 e. The van der Waals surface area contributed by atoms with Gasteiger partial charge in [-0.25, -0.2) is 14.8 Å². The molecule has 1 unspecified atom stereocenters. The van der Waals surface area contributed by atoms with E-state index in [0.29, 0.717) is 22.5 Å². The molecule has 3 amide bonds. The van der Waals surface area contributed by atoms with E-state index in [1.807, 2.05) is 0 Å². The molecule has 1 aromatic rings. The number of rotatable bonds is 6. The molecule has 1 aliphatic heterocycles. The molecular weight excluding hydrogens is 376 g/mol. The minimum absolute atomic E-state index is 0.0810. The zero-order valence-corrected chi connectivity index (χ0v) is 15.8. The number of nitrogens with zero attached hydrogens (tertiary/aromatic N) is 3. The second-order valence-electron chi connectivity index (χ2n) is 5.74. The molecule has 1 saturated carbocycles. The predicted octanol–water partition coefficient (Wildman–Crippen LogP) is 2.69. The highest BCUT2D eigenvalue weighted by atomic mass is 32.2. The first-order valence-electron chi connectivity index (χ1n) is 8.28. The Hall–Kier alpha value is -2.07. The zero-order valence-electron chi connectivity index (χ0n) is 14.2. The van der Waals surface area contributed by atoms with E-state index in [1.54, 1.807) is 12.3 Å². The van der Waals surface area contributed by atoms with Gasteiger partial charge in [-0.15, -0.1) is 11.3 Å². The molecular formula is C16H18N4O4S2. The number of fused-ring (bicyclic) bond motifs is 1. The van der Waals surface area contributed by atoms with Crippen molar-refractivity contribution in [3.05, 3.63) is 11.1 Å². The number of esters is 1. The van der Waals surface area contributed by atoms with Crippen LogP contribution in [0.1, 0.15) is 31.9 Å². The first-order chi connectivity index (χ1) is 12.5. The topological polar surface area (TPSA) is 110 Å². The molecule has 0 aromatic carbocycles. The number of hydrogen-bond donors (Lipinski definition) is 1. The molecule has 8 nitrogen and oxygen atoms in total. The van der Waals surface area contributed by atoms with Crippen LogP contribution in [0.15, 0.2) is 15.4 Å². The Labute approximate surface area is 158 Å². The summed E-state index contributed by atoms with van der Waals surface area (Å²) in [6.45, 7) is 2.07. The summed E-state index contributed by atoms with van der Waals surface area (Å²) < 4.78 is 4.87. The summed E-state index contributed by atoms with van der Waals surface area (Å²) in [4.78, 5) is 47.3. The van der Waals surface area contributed by atoms with Crippen molar-refractivity contribution >= 4 is 56.9 Å². The first-order valence-corrected chi connectivity index (χ1v) is 10.1. The molecule has 1 N–H and O–H groups in total. The standard InChI is InChI=1S/C16H18N4O4S2/c1-2-24-13(22)6-9-7-26-16(17-9)19-12(21)8-25-14-10-4-3-5-11(10)18-15(23)20-14/h7,10H,2-6,8H2,1H3,(H,17,19,21). The van der Waals surface area contributed by atoms with Crippen molar-refractivity contribution in [2.75, 3.05) is 17.7 Å². The van der Waals surface area contributed by atoms with Crippen LogP contribution in [0.2, 0.25) is 0 Å². The van der Waals surface area contributed by atoms with Gasteiger partial charge in [0.2, 0.25) is 5.91 Å². The van der Waals surface area contributed by atoms with Crippen LogP contribution < -0.4 is 5.32 Å². The number of hydrogen-bond acceptors (Lipinski definition) is 7. The third-order valence-corrected chi connectivity index (χ3v) is 5.74. The summed E-state index contributed by atoms with van der Waals surface area (Å²) >= 11 is 2.52. The molecule has 138 valence electrons. The van der Waals surface area contributed by atoms with Gasteiger partial charge in [-0.05, 0) is 26.2 Å². The molecule has 26 heavy (non-hydrogen) atoms. The van der Waals surface area contributed by atoms with Gasteiger partial charge >= 0.3 is 12.0 Å². The number of anilines is 1. The Morgan fingerprint density at radius 2 is 2.27 bits per heavy atom. The van der Waals surface area contributed by atoms with Crippen LogP contribution in [0, 0.1) is 5.92 Å². The highest BCUT2D eigenvalue weighted by Gasteiger charge is 2.32. The van der Waals surface area contributed by atoms with Crippen molar-refractivity contribution in [3.63, 3.8) is 0 Å². The fourth-order valence-electron chi connectivity index (χ4n) is 2.78. The van der Waals surface area contributed by atoms with Crippen molar-refractivity contribution in [2.24, 2.45) is 15.9 Å². The quantitative estimate of drug-likeness (QED) is 0.743. The molecule has 10 heteroatoms. The molecule has 0 spiro atoms. The average molecular weight is 394 g/mol. The lowest BCUT2D eigenvalue weighted by Gasteiger charge is -2.16. The van der Waals surface area contributed by atoms with Gasteiger partial charge in [0.15, 0.2) is 5.13 Å². The Kier molecular flexibility index (Phi) is 6.15. The Morgan fingerprint density at radius 1 is 1.42 bits per heavy atom. The number of aliphatic imine (C=N–C) groups is 2. The molecule has 1 aliphatic carbocycles. The number of nitrogens with one attached hydrogen (secondary N) is 1. The van der Waals surface area contributed by atoms with Gasteiger partial charge in [-0.3, -0.25) is 9.59 Å². The monoisotopic (exact) mass is 394 g/mol. The largest absolute Gasteiger partial charge is 0.466 e. The third kappa shape index (κ3) is 4.76. The van der Waals surface area contributed by atoms with E-state index >= 15 is 0 Å². The lowest BCUT2D eigenvalue weighted by Crippen LogP contribution is -2.24. The lowest BCUT2D eigenvalue weighted by atomic mass is 10.1. The maximum absolute atomic E-state index is 12.1. The third-order valence-electron chi connectivity index (χ3n) is 3.85. The predicted molar refractivity (Wildman–Crippen MR) is 101 cm³/mol. The molecule has 0 bridgehead atoms. The van der Waals surface area contributed by atoms with Gasteiger partial charge in [0, 0.05) is 17.0 Å². The Balaban J connectivity index is 1.49. The van der Waals surface area contributed by atoms with Crippen molar-refractivity contribution in [2.45, 2.75) is 32.6 Å². The van der Waals surface area contributed by atoms with Gasteiger partial charge < -0.3 is 10.1 Å². The minimum atomic E-state index is -0.482. The van der Waals surface area contributed by atoms with E-state index in [9.17, 15) is 14.4 Å². The highest BCUT2D eigenvalue weighted by molar-refractivity contribution is 8.14. The summed E-state index contributed by atoms with van der Waals surface area (Å²) in [6, 6.07) is -0.482. The van der Waals surface area contributed by atoms with E-state index in [0.717, 1.165) is 25.0 Å². The number of carbonyl (C=O) groups excluding carboxylic acids is 3. The van der Waals surface area contributed by atoms with Crippen molar-refractivity contribution in [3.8, 4) is 0 Å².